The Labute approximate surface area is 316 Å². The van der Waals surface area contributed by atoms with E-state index in [4.69, 9.17) is 9.98 Å². The van der Waals surface area contributed by atoms with Crippen molar-refractivity contribution >= 4 is 33.9 Å². The number of nitrogens with one attached hydrogen (secondary N) is 1. The maximum Gasteiger partial charge on any atom is 0.227 e. The van der Waals surface area contributed by atoms with Gasteiger partial charge in [0.25, 0.3) is 0 Å². The number of allylic oxidation sites excluding steroid dienone is 1. The Hall–Kier alpha value is -6.08. The number of carbonyl (C=O) groups excluding carboxylic acids is 2. The molecule has 0 bridgehead atoms. The number of hydrogen-bond acceptors (Lipinski definition) is 4. The minimum absolute atomic E-state index is 0.0466. The van der Waals surface area contributed by atoms with Crippen molar-refractivity contribution in [1.82, 2.24) is 19.8 Å². The number of nitrogens with zero attached hydrogens (tertiary/aromatic N) is 4. The third-order valence-corrected chi connectivity index (χ3v) is 11.4. The molecule has 5 aromatic carbocycles. The average molecular weight is 710 g/mol. The number of fused-ring (bicyclic) bond motifs is 1. The van der Waals surface area contributed by atoms with Crippen LogP contribution in [0, 0.1) is 0 Å². The number of aromatic amines is 1. The van der Waals surface area contributed by atoms with Gasteiger partial charge in [-0.25, -0.2) is 4.98 Å². The van der Waals surface area contributed by atoms with Gasteiger partial charge in [0.2, 0.25) is 11.8 Å². The Morgan fingerprint density at radius 2 is 1.19 bits per heavy atom. The number of imidazole rings is 1. The van der Waals surface area contributed by atoms with E-state index in [1.807, 2.05) is 82.9 Å². The van der Waals surface area contributed by atoms with E-state index in [2.05, 4.69) is 65.6 Å². The van der Waals surface area contributed by atoms with Gasteiger partial charge in [0, 0.05) is 37.0 Å². The maximum absolute atomic E-state index is 13.3. The van der Waals surface area contributed by atoms with Crippen molar-refractivity contribution in [3.8, 4) is 22.4 Å². The fourth-order valence-electron chi connectivity index (χ4n) is 8.63. The second-order valence-electron chi connectivity index (χ2n) is 14.7. The predicted molar refractivity (Wildman–Crippen MR) is 216 cm³/mol. The van der Waals surface area contributed by atoms with Crippen LogP contribution >= 0.6 is 0 Å². The van der Waals surface area contributed by atoms with Crippen LogP contribution in [-0.2, 0) is 22.4 Å². The van der Waals surface area contributed by atoms with Gasteiger partial charge in [-0.2, -0.15) is 0 Å². The number of benzene rings is 5. The van der Waals surface area contributed by atoms with Crippen molar-refractivity contribution < 1.29 is 9.59 Å². The summed E-state index contributed by atoms with van der Waals surface area (Å²) in [6.45, 7) is 1.55. The van der Waals surface area contributed by atoms with Gasteiger partial charge >= 0.3 is 0 Å². The number of carbonyl (C=O) groups is 2. The molecule has 3 aliphatic rings. The fraction of sp³-hybridized carbons (Fsp3) is 0.234. The summed E-state index contributed by atoms with van der Waals surface area (Å²) in [7, 11) is 0. The first kappa shape index (κ1) is 33.7. The van der Waals surface area contributed by atoms with Crippen molar-refractivity contribution in [3.05, 3.63) is 156 Å². The van der Waals surface area contributed by atoms with E-state index in [1.54, 1.807) is 0 Å². The molecule has 1 aromatic heterocycles. The summed E-state index contributed by atoms with van der Waals surface area (Å²) in [6, 6.07) is 41.7. The van der Waals surface area contributed by atoms with E-state index in [9.17, 15) is 9.59 Å². The normalized spacial score (nSPS) is 18.3. The van der Waals surface area contributed by atoms with Crippen LogP contribution in [0.15, 0.2) is 139 Å². The largest absolute Gasteiger partial charge is 0.340 e. The third-order valence-electron chi connectivity index (χ3n) is 11.4. The summed E-state index contributed by atoms with van der Waals surface area (Å²) in [6.07, 6.45) is 9.37. The molecule has 0 unspecified atom stereocenters. The van der Waals surface area contributed by atoms with Crippen LogP contribution < -0.4 is 0 Å². The van der Waals surface area contributed by atoms with E-state index in [1.165, 1.54) is 16.5 Å². The molecule has 54 heavy (non-hydrogen) atoms. The van der Waals surface area contributed by atoms with Crippen LogP contribution in [0.1, 0.15) is 60.7 Å². The predicted octanol–water partition coefficient (Wildman–Crippen LogP) is 9.22. The van der Waals surface area contributed by atoms with Gasteiger partial charge in [-0.15, -0.1) is 0 Å². The second-order valence-corrected chi connectivity index (χ2v) is 14.7. The summed E-state index contributed by atoms with van der Waals surface area (Å²) in [5, 5.41) is 2.32. The molecule has 0 saturated carbocycles. The SMILES string of the molecule is O=C(Cc1ccccc1)N1CCC[C@H]1C1=NC=C(c2ccc(-c3ccc(-c4cnc([C@@H]5CCCN5C(=O)Cc5ccccc5)[nH]4)c4ccccc34)cc2)C1. The van der Waals surface area contributed by atoms with E-state index in [0.29, 0.717) is 12.8 Å². The Morgan fingerprint density at radius 3 is 1.85 bits per heavy atom. The van der Waals surface area contributed by atoms with E-state index < -0.39 is 0 Å². The van der Waals surface area contributed by atoms with Crippen LogP contribution in [0.25, 0.3) is 38.7 Å². The first-order chi connectivity index (χ1) is 26.6. The highest BCUT2D eigenvalue weighted by Gasteiger charge is 2.34. The first-order valence-corrected chi connectivity index (χ1v) is 19.2. The number of hydrogen-bond donors (Lipinski definition) is 1. The third kappa shape index (κ3) is 6.66. The molecule has 7 heteroatoms. The van der Waals surface area contributed by atoms with Crippen LogP contribution in [0.4, 0.5) is 0 Å². The summed E-state index contributed by atoms with van der Waals surface area (Å²) in [5.74, 6) is 1.17. The van der Waals surface area contributed by atoms with E-state index >= 15 is 0 Å². The first-order valence-electron chi connectivity index (χ1n) is 19.2. The average Bonchev–Trinajstić information content (AvgIpc) is 4.06. The molecule has 6 aromatic rings. The summed E-state index contributed by atoms with van der Waals surface area (Å²) in [5.41, 5.74) is 9.90. The van der Waals surface area contributed by atoms with Gasteiger partial charge < -0.3 is 14.8 Å². The Kier molecular flexibility index (Phi) is 9.21. The van der Waals surface area contributed by atoms with Crippen molar-refractivity contribution in [1.29, 1.82) is 0 Å². The van der Waals surface area contributed by atoms with E-state index in [0.717, 1.165) is 95.6 Å². The molecule has 268 valence electrons. The number of rotatable bonds is 9. The molecule has 3 aliphatic heterocycles. The highest BCUT2D eigenvalue weighted by atomic mass is 16.2. The lowest BCUT2D eigenvalue weighted by Crippen LogP contribution is -2.41. The minimum Gasteiger partial charge on any atom is -0.340 e. The minimum atomic E-state index is -0.0466. The molecule has 0 radical (unpaired) electrons. The second kappa shape index (κ2) is 14.7. The summed E-state index contributed by atoms with van der Waals surface area (Å²) >= 11 is 0. The van der Waals surface area contributed by atoms with Crippen LogP contribution in [0.2, 0.25) is 0 Å². The number of H-pyrrole nitrogens is 1. The zero-order valence-corrected chi connectivity index (χ0v) is 30.3. The Bertz CT molecular complexity index is 2380. The van der Waals surface area contributed by atoms with Crippen molar-refractivity contribution in [2.75, 3.05) is 13.1 Å². The smallest absolute Gasteiger partial charge is 0.227 e. The quantitative estimate of drug-likeness (QED) is 0.163. The van der Waals surface area contributed by atoms with Gasteiger partial charge in [0.15, 0.2) is 0 Å². The Morgan fingerprint density at radius 1 is 0.630 bits per heavy atom. The maximum atomic E-state index is 13.3. The van der Waals surface area contributed by atoms with Crippen molar-refractivity contribution in [3.63, 3.8) is 0 Å². The lowest BCUT2D eigenvalue weighted by molar-refractivity contribution is -0.131. The molecule has 2 atom stereocenters. The standard InChI is InChI=1S/C47H43N5O2/c53-45(27-32-11-3-1-4-12-32)51-25-9-17-43(51)41-29-36(30-48-41)34-19-21-35(22-20-34)37-23-24-40(39-16-8-7-15-38(37)39)42-31-49-47(50-42)44-18-10-26-52(44)46(54)28-33-13-5-2-6-14-33/h1-8,11-16,19-24,30-31,43-44H,9-10,17-18,25-29H2,(H,49,50)/t43-,44-/m0/s1. The molecular formula is C47H43N5O2. The zero-order valence-electron chi connectivity index (χ0n) is 30.3. The number of likely N-dealkylation sites (tertiary alicyclic amines) is 2. The van der Waals surface area contributed by atoms with Crippen LogP contribution in [-0.4, -0.2) is 56.4 Å². The van der Waals surface area contributed by atoms with Crippen LogP contribution in [0.3, 0.4) is 0 Å². The molecule has 1 N–H and O–H groups in total. The van der Waals surface area contributed by atoms with Crippen molar-refractivity contribution in [2.45, 2.75) is 57.0 Å². The number of aromatic nitrogens is 2. The lowest BCUT2D eigenvalue weighted by Gasteiger charge is -2.25. The zero-order chi connectivity index (χ0) is 36.4. The molecular weight excluding hydrogens is 667 g/mol. The topological polar surface area (TPSA) is 81.7 Å². The van der Waals surface area contributed by atoms with Crippen LogP contribution in [0.5, 0.6) is 0 Å². The Balaban J connectivity index is 0.897. The van der Waals surface area contributed by atoms with Gasteiger partial charge in [-0.05, 0) is 69.8 Å². The molecule has 0 aliphatic carbocycles. The highest BCUT2D eigenvalue weighted by Crippen LogP contribution is 2.38. The summed E-state index contributed by atoms with van der Waals surface area (Å²) < 4.78 is 0. The lowest BCUT2D eigenvalue weighted by atomic mass is 9.92. The molecule has 0 spiro atoms. The van der Waals surface area contributed by atoms with Crippen molar-refractivity contribution in [2.24, 2.45) is 4.99 Å². The van der Waals surface area contributed by atoms with Gasteiger partial charge in [-0.3, -0.25) is 14.6 Å². The molecule has 9 rings (SSSR count). The molecule has 2 saturated heterocycles. The number of aliphatic imine (C=N–C) groups is 1. The van der Waals surface area contributed by atoms with Gasteiger partial charge in [0.1, 0.15) is 5.82 Å². The fourth-order valence-corrected chi connectivity index (χ4v) is 8.63. The monoisotopic (exact) mass is 709 g/mol. The van der Waals surface area contributed by atoms with Gasteiger partial charge in [0.05, 0.1) is 36.8 Å². The van der Waals surface area contributed by atoms with E-state index in [-0.39, 0.29) is 23.9 Å². The number of amides is 2. The molecule has 4 heterocycles. The summed E-state index contributed by atoms with van der Waals surface area (Å²) in [4.78, 5) is 43.9. The van der Waals surface area contributed by atoms with Gasteiger partial charge in [-0.1, -0.05) is 121 Å². The molecule has 2 fully saturated rings. The molecule has 2 amide bonds. The molecule has 7 nitrogen and oxygen atoms in total. The highest BCUT2D eigenvalue weighted by molar-refractivity contribution is 6.05.